The molecule has 11 aromatic rings. The highest BCUT2D eigenvalue weighted by Crippen LogP contribution is 2.39. The maximum atomic E-state index is 13.8. The zero-order chi connectivity index (χ0) is 87.4. The number of hydrogen-bond acceptors (Lipinski definition) is 10. The molecule has 16 rings (SSSR count). The monoisotopic (exact) mass is 1650 g/mol. The Bertz CT molecular complexity index is 5510. The number of Topliss-reactive ketones (excluding diaryl/α,β-unsaturated/α-hetero) is 4. The number of anilines is 1. The Hall–Kier alpha value is -12.0. The summed E-state index contributed by atoms with van der Waals surface area (Å²) in [6, 6.07) is 92.6. The van der Waals surface area contributed by atoms with Gasteiger partial charge in [-0.2, -0.15) is 0 Å². The minimum Gasteiger partial charge on any atom is -0.316 e. The molecule has 0 aromatic heterocycles. The van der Waals surface area contributed by atoms with Crippen LogP contribution in [-0.4, -0.2) is 106 Å². The summed E-state index contributed by atoms with van der Waals surface area (Å²) in [5.74, 6) is 0.224. The van der Waals surface area contributed by atoms with E-state index in [1.165, 1.54) is 129 Å². The number of ketones is 4. The van der Waals surface area contributed by atoms with Crippen LogP contribution in [0.3, 0.4) is 0 Å². The summed E-state index contributed by atoms with van der Waals surface area (Å²) in [7, 11) is 1.76. The molecule has 11 nitrogen and oxygen atoms in total. The van der Waals surface area contributed by atoms with Crippen molar-refractivity contribution < 1.29 is 28.4 Å². The van der Waals surface area contributed by atoms with Gasteiger partial charge in [0.15, 0.2) is 23.1 Å². The summed E-state index contributed by atoms with van der Waals surface area (Å²) in [6.07, 6.45) is 10.6. The number of benzene rings is 11. The molecule has 636 valence electrons. The van der Waals surface area contributed by atoms with Crippen molar-refractivity contribution in [2.24, 2.45) is 0 Å². The molecule has 5 heterocycles. The number of likely N-dealkylation sites (tertiary alicyclic amines) is 1. The van der Waals surface area contributed by atoms with Crippen molar-refractivity contribution in [3.05, 3.63) is 412 Å². The minimum atomic E-state index is -0.225. The van der Waals surface area contributed by atoms with E-state index in [9.17, 15) is 28.4 Å². The number of nitrogens with zero attached hydrogens (tertiary/aromatic N) is 2. The summed E-state index contributed by atoms with van der Waals surface area (Å²) in [5, 5.41) is 13.7. The number of rotatable bonds is 17. The topological polar surface area (TPSA) is 140 Å². The first-order chi connectivity index (χ1) is 60.1. The summed E-state index contributed by atoms with van der Waals surface area (Å²) >= 11 is 0. The molecule has 0 unspecified atom stereocenters. The fraction of sp³-hybridized carbons (Fsp3) is 0.277. The van der Waals surface area contributed by atoms with E-state index in [0.29, 0.717) is 0 Å². The molecule has 0 bridgehead atoms. The standard InChI is InChI=1S/C28H29NO.C21H23FN2O.3C21H23NO/c1-21-7-6-10-27(19-21)28(25-13-11-24(12-14-25)22(2)30)26-15-17-29(18-16-26)20-23-8-4-3-5-9-23;1-15(25)24(2)20-8-6-16(7-9-20)21(17-10-12-23-13-11-17)18-4-3-5-19(22)14-18;1-15-3-5-18(6-4-15)21(20-11-13-22-14-12-20)19-9-7-17(8-10-19)16(2)23;2*1-15-4-3-5-20(14-15)21(19-10-12-22-13-11-19)18-8-6-17(7-9-18)16(2)23/h3-14,19H,15-18,20H2,1-2H3;3-9,14,23H,10-13H2,1-2H3;3-10,22H,11-14H2,1-2H3;2*3-9,14,22H,10-13H2,1-2H3. The molecule has 5 fully saturated rings. The fourth-order valence-electron chi connectivity index (χ4n) is 17.1. The lowest BCUT2D eigenvalue weighted by Crippen LogP contribution is -2.30. The Labute approximate surface area is 735 Å². The molecule has 0 atom stereocenters. The second kappa shape index (κ2) is 45.4. The summed E-state index contributed by atoms with van der Waals surface area (Å²) in [5.41, 5.74) is 36.1. The van der Waals surface area contributed by atoms with Gasteiger partial charge in [-0.25, -0.2) is 4.39 Å². The lowest BCUT2D eigenvalue weighted by atomic mass is 9.87. The predicted molar refractivity (Wildman–Crippen MR) is 512 cm³/mol. The van der Waals surface area contributed by atoms with Gasteiger partial charge in [0.05, 0.1) is 0 Å². The number of hydrogen-bond donors (Lipinski definition) is 4. The summed E-state index contributed by atoms with van der Waals surface area (Å²) < 4.78 is 13.8. The van der Waals surface area contributed by atoms with Crippen molar-refractivity contribution in [2.45, 2.75) is 133 Å². The van der Waals surface area contributed by atoms with E-state index in [1.54, 1.807) is 58.7 Å². The number of halogens is 1. The third kappa shape index (κ3) is 25.6. The van der Waals surface area contributed by atoms with Crippen molar-refractivity contribution in [3.63, 3.8) is 0 Å². The lowest BCUT2D eigenvalue weighted by Gasteiger charge is -2.30. The predicted octanol–water partition coefficient (Wildman–Crippen LogP) is 23.4. The molecule has 11 aromatic carbocycles. The van der Waals surface area contributed by atoms with Crippen LogP contribution in [0.1, 0.15) is 224 Å². The van der Waals surface area contributed by atoms with Crippen molar-refractivity contribution in [3.8, 4) is 0 Å². The second-order valence-corrected chi connectivity index (χ2v) is 33.3. The largest absolute Gasteiger partial charge is 0.316 e. The van der Waals surface area contributed by atoms with Crippen molar-refractivity contribution >= 4 is 62.6 Å². The molecule has 5 aliphatic rings. The van der Waals surface area contributed by atoms with Crippen molar-refractivity contribution in [2.75, 3.05) is 77.4 Å². The molecule has 1 amide bonds. The molecular formula is C112H121FN6O5. The minimum absolute atomic E-state index is 0.00480. The average Bonchev–Trinajstić information content (AvgIpc) is 0.854. The van der Waals surface area contributed by atoms with E-state index >= 15 is 0 Å². The molecular weight excluding hydrogens is 1530 g/mol. The third-order valence-corrected chi connectivity index (χ3v) is 24.0. The summed E-state index contributed by atoms with van der Waals surface area (Å²) in [6.45, 7) is 27.8. The molecule has 0 spiro atoms. The van der Waals surface area contributed by atoms with Gasteiger partial charge in [-0.15, -0.1) is 0 Å². The number of carbonyl (C=O) groups is 5. The molecule has 5 aliphatic heterocycles. The van der Waals surface area contributed by atoms with Crippen LogP contribution in [-0.2, 0) is 11.3 Å². The van der Waals surface area contributed by atoms with Gasteiger partial charge in [0, 0.05) is 61.5 Å². The van der Waals surface area contributed by atoms with E-state index in [4.69, 9.17) is 0 Å². The molecule has 124 heavy (non-hydrogen) atoms. The van der Waals surface area contributed by atoms with Crippen LogP contribution >= 0.6 is 0 Å². The zero-order valence-electron chi connectivity index (χ0n) is 74.1. The van der Waals surface area contributed by atoms with Gasteiger partial charge in [0.2, 0.25) is 5.91 Å². The molecule has 0 saturated carbocycles. The second-order valence-electron chi connectivity index (χ2n) is 33.3. The van der Waals surface area contributed by atoms with Crippen molar-refractivity contribution in [1.82, 2.24) is 26.2 Å². The van der Waals surface area contributed by atoms with Gasteiger partial charge in [-0.3, -0.25) is 28.9 Å². The van der Waals surface area contributed by atoms with Crippen molar-refractivity contribution in [1.29, 1.82) is 0 Å². The normalized spacial score (nSPS) is 14.5. The van der Waals surface area contributed by atoms with E-state index in [-0.39, 0.29) is 34.9 Å². The first-order valence-corrected chi connectivity index (χ1v) is 44.1. The fourth-order valence-corrected chi connectivity index (χ4v) is 17.1. The van der Waals surface area contributed by atoms with E-state index in [1.807, 2.05) is 78.9 Å². The highest BCUT2D eigenvalue weighted by molar-refractivity contribution is 5.98. The zero-order valence-corrected chi connectivity index (χ0v) is 74.1. The number of amides is 1. The van der Waals surface area contributed by atoms with Crippen LogP contribution in [0.15, 0.2) is 301 Å². The lowest BCUT2D eigenvalue weighted by molar-refractivity contribution is -0.116. The van der Waals surface area contributed by atoms with Crippen LogP contribution < -0.4 is 26.2 Å². The summed E-state index contributed by atoms with van der Waals surface area (Å²) in [4.78, 5) is 62.0. The highest BCUT2D eigenvalue weighted by atomic mass is 19.1. The SMILES string of the molecule is CC(=O)N(C)c1ccc(C(=C2CCNCC2)c2cccc(F)c2)cc1.CC(=O)c1ccc(C(=C2CCN(Cc3ccccc3)CC2)c2cccc(C)c2)cc1.CC(=O)c1ccc(C(=C2CCNCC2)c2ccc(C)cc2)cc1.CC(=O)c1ccc(C(=C2CCNCC2)c2cccc(C)c2)cc1.CC(=O)c1ccc(C(=C2CCNCC2)c2cccc(C)c2)cc1. The molecule has 12 heteroatoms. The quantitative estimate of drug-likeness (QED) is 0.0652. The van der Waals surface area contributed by atoms with Gasteiger partial charge < -0.3 is 26.2 Å². The number of aryl methyl sites for hydroxylation is 4. The number of carbonyl (C=O) groups excluding carboxylic acids is 5. The van der Waals surface area contributed by atoms with Gasteiger partial charge in [0.1, 0.15) is 5.82 Å². The Kier molecular flexibility index (Phi) is 33.4. The maximum Gasteiger partial charge on any atom is 0.223 e. The first-order valence-electron chi connectivity index (χ1n) is 44.1. The molecule has 4 N–H and O–H groups in total. The van der Waals surface area contributed by atoms with Gasteiger partial charge in [-0.1, -0.05) is 299 Å². The average molecular weight is 1650 g/mol. The van der Waals surface area contributed by atoms with Crippen LogP contribution in [0.2, 0.25) is 0 Å². The molecule has 0 radical (unpaired) electrons. The van der Waals surface area contributed by atoms with Gasteiger partial charge >= 0.3 is 0 Å². The highest BCUT2D eigenvalue weighted by Gasteiger charge is 2.24. The first kappa shape index (κ1) is 91.2. The van der Waals surface area contributed by atoms with Gasteiger partial charge in [-0.05, 0) is 285 Å². The van der Waals surface area contributed by atoms with Crippen LogP contribution in [0.4, 0.5) is 10.1 Å². The Balaban J connectivity index is 0.000000142. The van der Waals surface area contributed by atoms with E-state index in [2.05, 4.69) is 230 Å². The Morgan fingerprint density at radius 1 is 0.282 bits per heavy atom. The Morgan fingerprint density at radius 2 is 0.540 bits per heavy atom. The molecule has 0 aliphatic carbocycles. The third-order valence-electron chi connectivity index (χ3n) is 24.0. The molecule has 5 saturated heterocycles. The van der Waals surface area contributed by atoms with Gasteiger partial charge in [0.25, 0.3) is 0 Å². The number of piperidine rings is 5. The number of nitrogens with one attached hydrogen (secondary N) is 4. The van der Waals surface area contributed by atoms with Crippen LogP contribution in [0, 0.1) is 33.5 Å². The van der Waals surface area contributed by atoms with E-state index in [0.717, 1.165) is 181 Å². The van der Waals surface area contributed by atoms with Crippen LogP contribution in [0.5, 0.6) is 0 Å². The van der Waals surface area contributed by atoms with E-state index < -0.39 is 0 Å². The van der Waals surface area contributed by atoms with Crippen LogP contribution in [0.25, 0.3) is 27.9 Å². The maximum absolute atomic E-state index is 13.8. The Morgan fingerprint density at radius 3 is 0.823 bits per heavy atom. The smallest absolute Gasteiger partial charge is 0.223 e.